The van der Waals surface area contributed by atoms with Gasteiger partial charge in [-0.2, -0.15) is 0 Å². The predicted octanol–water partition coefficient (Wildman–Crippen LogP) is 4.14. The van der Waals surface area contributed by atoms with Gasteiger partial charge >= 0.3 is 0 Å². The highest BCUT2D eigenvalue weighted by Crippen LogP contribution is 2.42. The second-order valence-corrected chi connectivity index (χ2v) is 5.67. The van der Waals surface area contributed by atoms with Crippen LogP contribution in [0.2, 0.25) is 10.0 Å². The molecular weight excluding hydrogens is 311 g/mol. The van der Waals surface area contributed by atoms with Gasteiger partial charge in [0.15, 0.2) is 6.29 Å². The van der Waals surface area contributed by atoms with Crippen molar-refractivity contribution in [3.8, 4) is 0 Å². The third-order valence-electron chi connectivity index (χ3n) is 3.43. The van der Waals surface area contributed by atoms with Gasteiger partial charge in [0.25, 0.3) is 0 Å². The van der Waals surface area contributed by atoms with E-state index in [2.05, 4.69) is 0 Å². The summed E-state index contributed by atoms with van der Waals surface area (Å²) < 4.78 is 11.7. The Morgan fingerprint density at radius 1 is 1.00 bits per heavy atom. The first kappa shape index (κ1) is 14.8. The lowest BCUT2D eigenvalue weighted by Crippen LogP contribution is -2.19. The molecule has 1 fully saturated rings. The average molecular weight is 325 g/mol. The third-order valence-corrected chi connectivity index (χ3v) is 3.99. The summed E-state index contributed by atoms with van der Waals surface area (Å²) in [5, 5.41) is 10.6. The molecule has 1 heterocycles. The fourth-order valence-electron chi connectivity index (χ4n) is 2.39. The zero-order chi connectivity index (χ0) is 14.8. The van der Waals surface area contributed by atoms with Crippen molar-refractivity contribution in [2.75, 3.05) is 6.61 Å². The average Bonchev–Trinajstić information content (AvgIpc) is 2.92. The maximum atomic E-state index is 9.53. The number of benzene rings is 2. The van der Waals surface area contributed by atoms with Crippen molar-refractivity contribution in [3.63, 3.8) is 0 Å². The molecule has 1 aliphatic heterocycles. The molecule has 0 aromatic heterocycles. The van der Waals surface area contributed by atoms with E-state index in [-0.39, 0.29) is 6.61 Å². The first-order chi connectivity index (χ1) is 10.2. The zero-order valence-electron chi connectivity index (χ0n) is 11.1. The maximum Gasteiger partial charge on any atom is 0.185 e. The van der Waals surface area contributed by atoms with E-state index in [9.17, 15) is 5.11 Å². The van der Waals surface area contributed by atoms with Crippen molar-refractivity contribution in [2.24, 2.45) is 0 Å². The first-order valence-electron chi connectivity index (χ1n) is 6.60. The van der Waals surface area contributed by atoms with E-state index in [4.69, 9.17) is 32.7 Å². The van der Waals surface area contributed by atoms with Gasteiger partial charge in [-0.1, -0.05) is 59.6 Å². The van der Waals surface area contributed by atoms with Crippen LogP contribution in [0.15, 0.2) is 48.5 Å². The number of aliphatic hydroxyl groups is 1. The molecule has 3 nitrogen and oxygen atoms in total. The van der Waals surface area contributed by atoms with Crippen LogP contribution >= 0.6 is 23.2 Å². The third kappa shape index (κ3) is 3.07. The van der Waals surface area contributed by atoms with Gasteiger partial charge < -0.3 is 14.6 Å². The molecule has 1 aliphatic rings. The molecule has 0 amide bonds. The van der Waals surface area contributed by atoms with Crippen LogP contribution in [0.3, 0.4) is 0 Å². The second-order valence-electron chi connectivity index (χ2n) is 4.82. The minimum atomic E-state index is -0.514. The zero-order valence-corrected chi connectivity index (χ0v) is 12.6. The minimum Gasteiger partial charge on any atom is -0.394 e. The molecule has 2 aromatic carbocycles. The van der Waals surface area contributed by atoms with Crippen LogP contribution in [0.5, 0.6) is 0 Å². The van der Waals surface area contributed by atoms with E-state index in [1.54, 1.807) is 18.2 Å². The fraction of sp³-hybridized carbons (Fsp3) is 0.250. The normalized spacial score (nSPS) is 25.2. The smallest absolute Gasteiger partial charge is 0.185 e. The van der Waals surface area contributed by atoms with Crippen LogP contribution < -0.4 is 0 Å². The quantitative estimate of drug-likeness (QED) is 0.922. The van der Waals surface area contributed by atoms with Crippen LogP contribution in [0, 0.1) is 0 Å². The number of rotatable bonds is 3. The maximum absolute atomic E-state index is 9.53. The predicted molar refractivity (Wildman–Crippen MR) is 81.4 cm³/mol. The lowest BCUT2D eigenvalue weighted by molar-refractivity contribution is -0.0739. The van der Waals surface area contributed by atoms with E-state index in [0.717, 1.165) is 11.1 Å². The molecule has 1 saturated heterocycles. The minimum absolute atomic E-state index is 0.146. The SMILES string of the molecule is OC[C@H]1OC(c2ccccc2)O[C@@H]1c1ccc(Cl)cc1Cl. The molecule has 3 rings (SSSR count). The molecule has 1 N–H and O–H groups in total. The van der Waals surface area contributed by atoms with Crippen LogP contribution in [0.4, 0.5) is 0 Å². The summed E-state index contributed by atoms with van der Waals surface area (Å²) in [4.78, 5) is 0. The summed E-state index contributed by atoms with van der Waals surface area (Å²) in [6.45, 7) is -0.146. The van der Waals surface area contributed by atoms with Gasteiger partial charge in [-0.3, -0.25) is 0 Å². The van der Waals surface area contributed by atoms with Crippen molar-refractivity contribution in [1.82, 2.24) is 0 Å². The largest absolute Gasteiger partial charge is 0.394 e. The molecular formula is C16H14Cl2O3. The van der Waals surface area contributed by atoms with Crippen LogP contribution in [-0.4, -0.2) is 17.8 Å². The fourth-order valence-corrected chi connectivity index (χ4v) is 2.91. The van der Waals surface area contributed by atoms with E-state index in [0.29, 0.717) is 10.0 Å². The lowest BCUT2D eigenvalue weighted by atomic mass is 10.1. The molecule has 1 unspecified atom stereocenters. The van der Waals surface area contributed by atoms with Crippen molar-refractivity contribution < 1.29 is 14.6 Å². The summed E-state index contributed by atoms with van der Waals surface area (Å²) in [6, 6.07) is 14.8. The van der Waals surface area contributed by atoms with Gasteiger partial charge in [0, 0.05) is 21.2 Å². The van der Waals surface area contributed by atoms with E-state index >= 15 is 0 Å². The highest BCUT2D eigenvalue weighted by Gasteiger charge is 2.38. The Bertz CT molecular complexity index is 618. The Labute approximate surface area is 133 Å². The number of ether oxygens (including phenoxy) is 2. The molecule has 0 saturated carbocycles. The second kappa shape index (κ2) is 6.34. The summed E-state index contributed by atoms with van der Waals surface area (Å²) in [6.07, 6.45) is -1.40. The van der Waals surface area contributed by atoms with Crippen molar-refractivity contribution in [3.05, 3.63) is 69.7 Å². The van der Waals surface area contributed by atoms with Crippen molar-refractivity contribution in [2.45, 2.75) is 18.5 Å². The van der Waals surface area contributed by atoms with Gasteiger partial charge in [-0.25, -0.2) is 0 Å². The molecule has 0 aliphatic carbocycles. The summed E-state index contributed by atoms with van der Waals surface area (Å²) in [5.74, 6) is 0. The van der Waals surface area contributed by atoms with Gasteiger partial charge in [0.05, 0.1) is 6.61 Å². The topological polar surface area (TPSA) is 38.7 Å². The highest BCUT2D eigenvalue weighted by atomic mass is 35.5. The van der Waals surface area contributed by atoms with Crippen LogP contribution in [0.1, 0.15) is 23.5 Å². The number of hydrogen-bond donors (Lipinski definition) is 1. The Kier molecular flexibility index (Phi) is 4.48. The van der Waals surface area contributed by atoms with E-state index in [1.807, 2.05) is 30.3 Å². The van der Waals surface area contributed by atoms with Gasteiger partial charge in [-0.05, 0) is 12.1 Å². The molecule has 21 heavy (non-hydrogen) atoms. The number of halogens is 2. The van der Waals surface area contributed by atoms with Crippen LogP contribution in [0.25, 0.3) is 0 Å². The molecule has 5 heteroatoms. The van der Waals surface area contributed by atoms with Gasteiger partial charge in [0.1, 0.15) is 12.2 Å². The molecule has 110 valence electrons. The first-order valence-corrected chi connectivity index (χ1v) is 7.36. The number of aliphatic hydroxyl groups excluding tert-OH is 1. The van der Waals surface area contributed by atoms with Crippen molar-refractivity contribution in [1.29, 1.82) is 0 Å². The van der Waals surface area contributed by atoms with Gasteiger partial charge in [-0.15, -0.1) is 0 Å². The Balaban J connectivity index is 1.88. The monoisotopic (exact) mass is 324 g/mol. The van der Waals surface area contributed by atoms with Crippen LogP contribution in [-0.2, 0) is 9.47 Å². The summed E-state index contributed by atoms with van der Waals surface area (Å²) in [5.41, 5.74) is 1.67. The Morgan fingerprint density at radius 3 is 2.43 bits per heavy atom. The highest BCUT2D eigenvalue weighted by molar-refractivity contribution is 6.35. The molecule has 0 bridgehead atoms. The molecule has 0 spiro atoms. The Morgan fingerprint density at radius 2 is 1.76 bits per heavy atom. The molecule has 3 atom stereocenters. The standard InChI is InChI=1S/C16H14Cl2O3/c17-11-6-7-12(13(18)8-11)15-14(9-19)20-16(21-15)10-4-2-1-3-5-10/h1-8,14-16,19H,9H2/t14-,15-,16?/m1/s1. The lowest BCUT2D eigenvalue weighted by Gasteiger charge is -2.16. The van der Waals surface area contributed by atoms with Crippen molar-refractivity contribution >= 4 is 23.2 Å². The summed E-state index contributed by atoms with van der Waals surface area (Å²) in [7, 11) is 0. The Hall–Kier alpha value is -1.10. The van der Waals surface area contributed by atoms with E-state index < -0.39 is 18.5 Å². The van der Waals surface area contributed by atoms with E-state index in [1.165, 1.54) is 0 Å². The summed E-state index contributed by atoms with van der Waals surface area (Å²) >= 11 is 12.1. The molecule has 0 radical (unpaired) electrons. The van der Waals surface area contributed by atoms with Gasteiger partial charge in [0.2, 0.25) is 0 Å². The molecule has 2 aromatic rings. The number of hydrogen-bond acceptors (Lipinski definition) is 3.